The summed E-state index contributed by atoms with van der Waals surface area (Å²) in [6.45, 7) is 0. The highest BCUT2D eigenvalue weighted by Crippen LogP contribution is 1.63. The summed E-state index contributed by atoms with van der Waals surface area (Å²) in [5.74, 6) is 0. The maximum atomic E-state index is 9.94. The molecule has 0 aliphatic carbocycles. The Labute approximate surface area is 41.7 Å². The minimum Gasteiger partial charge on any atom is -0.452 e. The second-order valence-corrected chi connectivity index (χ2v) is 0.761. The molecule has 0 bridgehead atoms. The van der Waals surface area contributed by atoms with E-state index in [0.717, 1.165) is 0 Å². The van der Waals surface area contributed by atoms with Gasteiger partial charge in [0.2, 0.25) is 0 Å². The number of hydrogen-bond donors (Lipinski definition) is 1. The lowest BCUT2D eigenvalue weighted by Gasteiger charge is -1.89. The van der Waals surface area contributed by atoms with Crippen molar-refractivity contribution in [3.05, 3.63) is 0 Å². The second kappa shape index (κ2) is 3.04. The van der Waals surface area contributed by atoms with Gasteiger partial charge in [0.25, 0.3) is 0 Å². The number of ether oxygens (including phenoxy) is 1. The van der Waals surface area contributed by atoms with E-state index in [1.165, 1.54) is 7.11 Å². The van der Waals surface area contributed by atoms with Crippen LogP contribution < -0.4 is 5.32 Å². The maximum absolute atomic E-state index is 9.94. The molecule has 0 atom stereocenters. The molecule has 0 rings (SSSR count). The Balaban J connectivity index is 3.23. The third kappa shape index (κ3) is 2.64. The summed E-state index contributed by atoms with van der Waals surface area (Å²) in [6, 6.07) is 1.89. The molecule has 0 aromatic carbocycles. The number of carbonyl (C=O) groups is 1. The summed E-state index contributed by atoms with van der Waals surface area (Å²) >= 11 is 0. The predicted molar refractivity (Wildman–Crippen MR) is 24.4 cm³/mol. The molecule has 0 spiro atoms. The van der Waals surface area contributed by atoms with E-state index in [0.29, 0.717) is 0 Å². The molecule has 0 unspecified atom stereocenters. The fraction of sp³-hybridized carbons (Fsp3) is 0.250. The largest absolute Gasteiger partial charge is 0.452 e. The van der Waals surface area contributed by atoms with Gasteiger partial charge in [-0.15, -0.1) is 0 Å². The number of methoxy groups -OCH3 is 1. The van der Waals surface area contributed by atoms with Gasteiger partial charge in [-0.3, -0.25) is 0 Å². The number of terminal acetylenes is 1. The van der Waals surface area contributed by atoms with Crippen LogP contribution >= 0.6 is 0 Å². The van der Waals surface area contributed by atoms with Crippen LogP contribution in [0.5, 0.6) is 0 Å². The zero-order chi connectivity index (χ0) is 5.70. The topological polar surface area (TPSA) is 38.3 Å². The van der Waals surface area contributed by atoms with Crippen molar-refractivity contribution in [2.75, 3.05) is 7.11 Å². The quantitative estimate of drug-likeness (QED) is 0.341. The molecule has 0 aliphatic heterocycles. The molecule has 0 fully saturated rings. The second-order valence-electron chi connectivity index (χ2n) is 0.761. The molecular weight excluding hydrogens is 94.0 g/mol. The smallest absolute Gasteiger partial charge is 0.418 e. The van der Waals surface area contributed by atoms with Crippen molar-refractivity contribution in [3.63, 3.8) is 0 Å². The van der Waals surface area contributed by atoms with Crippen LogP contribution in [0.2, 0.25) is 0 Å². The van der Waals surface area contributed by atoms with Crippen LogP contribution in [0.4, 0.5) is 4.79 Å². The van der Waals surface area contributed by atoms with Gasteiger partial charge >= 0.3 is 6.09 Å². The Bertz CT molecular complexity index is 103. The number of nitrogens with one attached hydrogen (secondary N) is 1. The number of rotatable bonds is 0. The Morgan fingerprint density at radius 2 is 2.57 bits per heavy atom. The third-order valence-electron chi connectivity index (χ3n) is 0.360. The Hall–Kier alpha value is -1.17. The fourth-order valence-corrected chi connectivity index (χ4v) is 0.110. The minimum atomic E-state index is -0.609. The summed E-state index contributed by atoms with van der Waals surface area (Å²) in [5, 5.41) is 1.96. The summed E-state index contributed by atoms with van der Waals surface area (Å²) in [5.41, 5.74) is 0. The molecule has 38 valence electrons. The van der Waals surface area contributed by atoms with E-state index in [4.69, 9.17) is 0 Å². The third-order valence-corrected chi connectivity index (χ3v) is 0.360. The average Bonchev–Trinajstić information content (AvgIpc) is 1.68. The number of carbonyl (C=O) groups excluding carboxylic acids is 1. The van der Waals surface area contributed by atoms with Crippen LogP contribution in [0.1, 0.15) is 0 Å². The van der Waals surface area contributed by atoms with Crippen LogP contribution in [-0.4, -0.2) is 13.2 Å². The van der Waals surface area contributed by atoms with Gasteiger partial charge < -0.3 is 4.74 Å². The molecule has 0 saturated heterocycles. The van der Waals surface area contributed by atoms with Crippen molar-refractivity contribution >= 4 is 6.09 Å². The first-order chi connectivity index (χ1) is 3.31. The molecule has 1 N–H and O–H groups in total. The van der Waals surface area contributed by atoms with E-state index in [1.54, 1.807) is 0 Å². The van der Waals surface area contributed by atoms with E-state index >= 15 is 0 Å². The molecule has 3 heteroatoms. The number of amides is 1. The molecule has 1 amide bonds. The molecule has 0 saturated carbocycles. The Morgan fingerprint density at radius 1 is 2.00 bits per heavy atom. The molecule has 0 aromatic heterocycles. The standard InChI is InChI=1S/C4H5NO2/c1-3-5-4(6)7-2/h1H,2H3,(H,5,6). The van der Waals surface area contributed by atoms with Gasteiger partial charge in [-0.1, -0.05) is 6.42 Å². The molecule has 7 heavy (non-hydrogen) atoms. The van der Waals surface area contributed by atoms with E-state index < -0.39 is 6.09 Å². The van der Waals surface area contributed by atoms with Gasteiger partial charge in [-0.2, -0.15) is 0 Å². The van der Waals surface area contributed by atoms with Crippen molar-refractivity contribution in [1.29, 1.82) is 0 Å². The van der Waals surface area contributed by atoms with E-state index in [-0.39, 0.29) is 0 Å². The van der Waals surface area contributed by atoms with E-state index in [2.05, 4.69) is 11.2 Å². The van der Waals surface area contributed by atoms with Gasteiger partial charge in [0.05, 0.1) is 7.11 Å². The molecular formula is C4H5NO2. The first-order valence-electron chi connectivity index (χ1n) is 1.61. The highest BCUT2D eigenvalue weighted by Gasteiger charge is 1.88. The summed E-state index contributed by atoms with van der Waals surface area (Å²) in [7, 11) is 1.24. The van der Waals surface area contributed by atoms with Crippen molar-refractivity contribution in [2.24, 2.45) is 0 Å². The lowest BCUT2D eigenvalue weighted by atomic mass is 11.0. The van der Waals surface area contributed by atoms with Crippen LogP contribution in [0.3, 0.4) is 0 Å². The average molecular weight is 99.1 g/mol. The number of alkyl carbamates (subject to hydrolysis) is 1. The van der Waals surface area contributed by atoms with Gasteiger partial charge in [-0.25, -0.2) is 10.1 Å². The lowest BCUT2D eigenvalue weighted by molar-refractivity contribution is 0.176. The van der Waals surface area contributed by atoms with Crippen molar-refractivity contribution < 1.29 is 9.53 Å². The van der Waals surface area contributed by atoms with Crippen LogP contribution in [0, 0.1) is 12.5 Å². The molecule has 3 nitrogen and oxygen atoms in total. The van der Waals surface area contributed by atoms with Crippen LogP contribution in [0.15, 0.2) is 0 Å². The van der Waals surface area contributed by atoms with Gasteiger partial charge in [0, 0.05) is 6.04 Å². The fourth-order valence-electron chi connectivity index (χ4n) is 0.110. The maximum Gasteiger partial charge on any atom is 0.418 e. The minimum absolute atomic E-state index is 0.609. The number of hydrogen-bond acceptors (Lipinski definition) is 2. The SMILES string of the molecule is C#CNC(=O)OC. The zero-order valence-corrected chi connectivity index (χ0v) is 3.89. The van der Waals surface area contributed by atoms with Crippen molar-refractivity contribution in [3.8, 4) is 12.5 Å². The van der Waals surface area contributed by atoms with Crippen LogP contribution in [-0.2, 0) is 4.74 Å². The summed E-state index contributed by atoms with van der Waals surface area (Å²) in [6.07, 6.45) is 4.03. The normalized spacial score (nSPS) is 6.29. The molecule has 0 heterocycles. The van der Waals surface area contributed by atoms with Crippen molar-refractivity contribution in [2.45, 2.75) is 0 Å². The summed E-state index contributed by atoms with van der Waals surface area (Å²) in [4.78, 5) is 9.94. The van der Waals surface area contributed by atoms with Crippen molar-refractivity contribution in [1.82, 2.24) is 5.32 Å². The highest BCUT2D eigenvalue weighted by molar-refractivity contribution is 5.68. The molecule has 0 aliphatic rings. The Morgan fingerprint density at radius 3 is 2.71 bits per heavy atom. The van der Waals surface area contributed by atoms with Gasteiger partial charge in [0.15, 0.2) is 0 Å². The first kappa shape index (κ1) is 5.83. The lowest BCUT2D eigenvalue weighted by Crippen LogP contribution is -2.16. The molecule has 0 radical (unpaired) electrons. The van der Waals surface area contributed by atoms with E-state index in [9.17, 15) is 4.79 Å². The van der Waals surface area contributed by atoms with Gasteiger partial charge in [-0.05, 0) is 0 Å². The monoisotopic (exact) mass is 99.0 g/mol. The molecule has 0 aromatic rings. The van der Waals surface area contributed by atoms with Crippen LogP contribution in [0.25, 0.3) is 0 Å². The zero-order valence-electron chi connectivity index (χ0n) is 3.89. The predicted octanol–water partition coefficient (Wildman–Crippen LogP) is -0.0669. The highest BCUT2D eigenvalue weighted by atomic mass is 16.5. The Kier molecular flexibility index (Phi) is 2.53. The first-order valence-corrected chi connectivity index (χ1v) is 1.61. The van der Waals surface area contributed by atoms with Gasteiger partial charge in [0.1, 0.15) is 0 Å². The summed E-state index contributed by atoms with van der Waals surface area (Å²) < 4.78 is 4.10. The van der Waals surface area contributed by atoms with E-state index in [1.807, 2.05) is 11.4 Å².